The molecule has 2 rings (SSSR count). The number of thiophene rings is 1. The third-order valence-electron chi connectivity index (χ3n) is 3.53. The van der Waals surface area contributed by atoms with Gasteiger partial charge in [-0.05, 0) is 49.2 Å². The third-order valence-corrected chi connectivity index (χ3v) is 4.66. The number of carbonyl (C=O) groups is 2. The first-order valence-corrected chi connectivity index (χ1v) is 9.24. The summed E-state index contributed by atoms with van der Waals surface area (Å²) >= 11 is 1.17. The second-order valence-corrected chi connectivity index (χ2v) is 6.58. The smallest absolute Gasteiger partial charge is 0.348 e. The zero-order valence-corrected chi connectivity index (χ0v) is 16.6. The largest absolute Gasteiger partial charge is 0.493 e. The highest BCUT2D eigenvalue weighted by Gasteiger charge is 2.15. The van der Waals surface area contributed by atoms with Gasteiger partial charge >= 0.3 is 5.97 Å². The molecule has 0 fully saturated rings. The molecule has 0 bridgehead atoms. The molecule has 0 aliphatic carbocycles. The van der Waals surface area contributed by atoms with Gasteiger partial charge in [-0.1, -0.05) is 6.07 Å². The molecule has 0 atom stereocenters. The maximum atomic E-state index is 12.2. The van der Waals surface area contributed by atoms with Crippen molar-refractivity contribution in [2.75, 3.05) is 25.6 Å². The van der Waals surface area contributed by atoms with E-state index in [0.717, 1.165) is 11.1 Å². The zero-order valence-electron chi connectivity index (χ0n) is 15.8. The van der Waals surface area contributed by atoms with Gasteiger partial charge in [-0.25, -0.2) is 4.79 Å². The van der Waals surface area contributed by atoms with Gasteiger partial charge in [0.25, 0.3) is 0 Å². The van der Waals surface area contributed by atoms with Crippen LogP contribution in [-0.4, -0.2) is 32.2 Å². The highest BCUT2D eigenvalue weighted by atomic mass is 32.1. The number of methoxy groups -OCH3 is 1. The van der Waals surface area contributed by atoms with E-state index in [1.165, 1.54) is 24.5 Å². The Bertz CT molecular complexity index is 927. The van der Waals surface area contributed by atoms with E-state index >= 15 is 0 Å². The summed E-state index contributed by atoms with van der Waals surface area (Å²) in [5.74, 6) is 0.184. The summed E-state index contributed by atoms with van der Waals surface area (Å²) in [6.45, 7) is 3.74. The van der Waals surface area contributed by atoms with Gasteiger partial charge in [0.05, 0.1) is 18.7 Å². The topological polar surface area (TPSA) is 97.6 Å². The van der Waals surface area contributed by atoms with Gasteiger partial charge in [0.15, 0.2) is 18.1 Å². The van der Waals surface area contributed by atoms with Crippen LogP contribution in [0.3, 0.4) is 0 Å². The number of hydrogen-bond acceptors (Lipinski definition) is 7. The molecule has 1 aromatic heterocycles. The number of aryl methyl sites for hydroxylation is 1. The number of esters is 1. The lowest BCUT2D eigenvalue weighted by atomic mass is 10.2. The minimum Gasteiger partial charge on any atom is -0.493 e. The molecule has 28 heavy (non-hydrogen) atoms. The minimum atomic E-state index is -0.396. The van der Waals surface area contributed by atoms with E-state index in [2.05, 4.69) is 5.32 Å². The van der Waals surface area contributed by atoms with Gasteiger partial charge in [-0.3, -0.25) is 4.79 Å². The maximum Gasteiger partial charge on any atom is 0.348 e. The van der Waals surface area contributed by atoms with Crippen LogP contribution in [0.2, 0.25) is 0 Å². The van der Waals surface area contributed by atoms with Crippen molar-refractivity contribution in [3.05, 3.63) is 46.3 Å². The molecule has 8 heteroatoms. The molecule has 1 aromatic carbocycles. The van der Waals surface area contributed by atoms with Crippen molar-refractivity contribution >= 4 is 34.3 Å². The molecule has 0 aliphatic heterocycles. The Morgan fingerprint density at radius 3 is 2.75 bits per heavy atom. The van der Waals surface area contributed by atoms with Gasteiger partial charge in [0.1, 0.15) is 10.9 Å². The molecule has 0 radical (unpaired) electrons. The van der Waals surface area contributed by atoms with Gasteiger partial charge in [-0.15, -0.1) is 11.3 Å². The van der Waals surface area contributed by atoms with E-state index in [-0.39, 0.29) is 12.5 Å². The third kappa shape index (κ3) is 5.59. The number of rotatable bonds is 8. The first kappa shape index (κ1) is 21.0. The Kier molecular flexibility index (Phi) is 7.60. The fraction of sp³-hybridized carbons (Fsp3) is 0.250. The molecular formula is C20H20N2O5S. The summed E-state index contributed by atoms with van der Waals surface area (Å²) in [7, 11) is 1.50. The van der Waals surface area contributed by atoms with Crippen LogP contribution in [0.15, 0.2) is 30.3 Å². The van der Waals surface area contributed by atoms with Crippen molar-refractivity contribution < 1.29 is 23.8 Å². The summed E-state index contributed by atoms with van der Waals surface area (Å²) in [5, 5.41) is 11.9. The Morgan fingerprint density at radius 1 is 1.29 bits per heavy atom. The number of nitriles is 1. The Morgan fingerprint density at radius 2 is 2.07 bits per heavy atom. The van der Waals surface area contributed by atoms with Gasteiger partial charge in [0, 0.05) is 6.08 Å². The summed E-state index contributed by atoms with van der Waals surface area (Å²) in [4.78, 5) is 24.5. The number of anilines is 1. The average molecular weight is 400 g/mol. The number of hydrogen-bond donors (Lipinski definition) is 1. The number of nitrogens with one attached hydrogen (secondary N) is 1. The van der Waals surface area contributed by atoms with Crippen molar-refractivity contribution in [2.24, 2.45) is 0 Å². The quantitative estimate of drug-likeness (QED) is 0.535. The second-order valence-electron chi connectivity index (χ2n) is 5.52. The van der Waals surface area contributed by atoms with Crippen molar-refractivity contribution in [3.8, 4) is 17.6 Å². The van der Waals surface area contributed by atoms with Crippen LogP contribution >= 0.6 is 11.3 Å². The fourth-order valence-corrected chi connectivity index (χ4v) is 3.26. The fourth-order valence-electron chi connectivity index (χ4n) is 2.30. The minimum absolute atomic E-state index is 0.0814. The molecule has 1 heterocycles. The first-order valence-electron chi connectivity index (χ1n) is 8.42. The van der Waals surface area contributed by atoms with E-state index in [1.54, 1.807) is 44.2 Å². The van der Waals surface area contributed by atoms with Crippen LogP contribution in [0.25, 0.3) is 6.08 Å². The van der Waals surface area contributed by atoms with E-state index in [9.17, 15) is 9.59 Å². The molecule has 0 saturated heterocycles. The molecule has 0 unspecified atom stereocenters. The SMILES string of the molecule is CCOC(=O)c1sc(NC(=O)/C=C/c2ccc(OCC#N)c(OC)c2)cc1C. The Balaban J connectivity index is 2.05. The van der Waals surface area contributed by atoms with Crippen LogP contribution in [0.4, 0.5) is 5.00 Å². The van der Waals surface area contributed by atoms with Crippen molar-refractivity contribution in [2.45, 2.75) is 13.8 Å². The van der Waals surface area contributed by atoms with Gasteiger partial charge < -0.3 is 19.5 Å². The van der Waals surface area contributed by atoms with Gasteiger partial charge in [0.2, 0.25) is 5.91 Å². The predicted molar refractivity (Wildman–Crippen MR) is 107 cm³/mol. The molecule has 1 N–H and O–H groups in total. The molecule has 0 saturated carbocycles. The predicted octanol–water partition coefficient (Wildman–Crippen LogP) is 3.80. The second kappa shape index (κ2) is 10.1. The maximum absolute atomic E-state index is 12.2. The standard InChI is InChI=1S/C20H20N2O5S/c1-4-26-20(24)19-13(2)11-18(28-19)22-17(23)8-6-14-5-7-15(27-10-9-21)16(12-14)25-3/h5-8,11-12H,4,10H2,1-3H3,(H,22,23)/b8-6+. The monoisotopic (exact) mass is 400 g/mol. The summed E-state index contributed by atoms with van der Waals surface area (Å²) in [6, 6.07) is 8.73. The highest BCUT2D eigenvalue weighted by molar-refractivity contribution is 7.18. The zero-order chi connectivity index (χ0) is 20.5. The molecule has 146 valence electrons. The molecule has 0 aliphatic rings. The number of carbonyl (C=O) groups excluding carboxylic acids is 2. The lowest BCUT2D eigenvalue weighted by Gasteiger charge is -2.08. The van der Waals surface area contributed by atoms with E-state index in [0.29, 0.717) is 28.0 Å². The Labute approximate surface area is 167 Å². The van der Waals surface area contributed by atoms with Crippen LogP contribution in [0.5, 0.6) is 11.5 Å². The lowest BCUT2D eigenvalue weighted by molar-refractivity contribution is -0.111. The summed E-state index contributed by atoms with van der Waals surface area (Å²) < 4.78 is 15.5. The van der Waals surface area contributed by atoms with Crippen molar-refractivity contribution in [3.63, 3.8) is 0 Å². The van der Waals surface area contributed by atoms with Gasteiger partial charge in [-0.2, -0.15) is 5.26 Å². The number of nitrogens with zero attached hydrogens (tertiary/aromatic N) is 1. The highest BCUT2D eigenvalue weighted by Crippen LogP contribution is 2.29. The normalized spacial score (nSPS) is 10.4. The number of ether oxygens (including phenoxy) is 3. The van der Waals surface area contributed by atoms with Crippen molar-refractivity contribution in [1.29, 1.82) is 5.26 Å². The average Bonchev–Trinajstić information content (AvgIpc) is 3.05. The van der Waals surface area contributed by atoms with E-state index < -0.39 is 5.97 Å². The molecule has 2 aromatic rings. The molecule has 7 nitrogen and oxygen atoms in total. The van der Waals surface area contributed by atoms with Crippen molar-refractivity contribution in [1.82, 2.24) is 0 Å². The lowest BCUT2D eigenvalue weighted by Crippen LogP contribution is -2.06. The first-order chi connectivity index (χ1) is 13.5. The van der Waals surface area contributed by atoms with E-state index in [1.807, 2.05) is 6.07 Å². The molecule has 1 amide bonds. The summed E-state index contributed by atoms with van der Waals surface area (Å²) in [5.41, 5.74) is 1.48. The van der Waals surface area contributed by atoms with Crippen LogP contribution < -0.4 is 14.8 Å². The summed E-state index contributed by atoms with van der Waals surface area (Å²) in [6.07, 6.45) is 3.00. The van der Waals surface area contributed by atoms with E-state index in [4.69, 9.17) is 19.5 Å². The molecule has 0 spiro atoms. The molecular weight excluding hydrogens is 380 g/mol. The van der Waals surface area contributed by atoms with Crippen LogP contribution in [0, 0.1) is 18.3 Å². The Hall–Kier alpha value is -3.31. The number of amides is 1. The van der Waals surface area contributed by atoms with Crippen LogP contribution in [-0.2, 0) is 9.53 Å². The number of benzene rings is 1. The van der Waals surface area contributed by atoms with Crippen LogP contribution in [0.1, 0.15) is 27.7 Å².